The molecule has 0 aliphatic heterocycles. The molecule has 0 atom stereocenters. The summed E-state index contributed by atoms with van der Waals surface area (Å²) in [7, 11) is 0. The zero-order chi connectivity index (χ0) is 19.6. The summed E-state index contributed by atoms with van der Waals surface area (Å²) in [6.07, 6.45) is -2.93. The third-order valence-corrected chi connectivity index (χ3v) is 4.91. The van der Waals surface area contributed by atoms with Crippen molar-refractivity contribution >= 4 is 28.6 Å². The van der Waals surface area contributed by atoms with Crippen LogP contribution in [0.5, 0.6) is 0 Å². The number of furan rings is 1. The van der Waals surface area contributed by atoms with Gasteiger partial charge in [-0.2, -0.15) is 13.2 Å². The molecule has 8 heteroatoms. The molecular weight excluding hydrogens is 377 g/mol. The maximum atomic E-state index is 13.0. The van der Waals surface area contributed by atoms with Crippen molar-refractivity contribution in [2.24, 2.45) is 0 Å². The molecular formula is C19H17F3N2O2S. The van der Waals surface area contributed by atoms with Crippen molar-refractivity contribution in [3.8, 4) is 0 Å². The Morgan fingerprint density at radius 3 is 2.70 bits per heavy atom. The molecule has 1 amide bonds. The average Bonchev–Trinajstić information content (AvgIpc) is 3.12. The Labute approximate surface area is 158 Å². The fraction of sp³-hybridized carbons (Fsp3) is 0.263. The van der Waals surface area contributed by atoms with E-state index in [2.05, 4.69) is 10.3 Å². The van der Waals surface area contributed by atoms with Crippen molar-refractivity contribution in [3.05, 3.63) is 59.0 Å². The SMILES string of the molecule is CCSc1nc2cc(C(F)(F)F)ccc2c(C)c1C(=O)NCc1ccco1. The lowest BCUT2D eigenvalue weighted by molar-refractivity contribution is -0.137. The molecule has 3 rings (SSSR count). The fourth-order valence-electron chi connectivity index (χ4n) is 2.76. The van der Waals surface area contributed by atoms with Crippen molar-refractivity contribution in [2.45, 2.75) is 31.6 Å². The Morgan fingerprint density at radius 2 is 2.07 bits per heavy atom. The lowest BCUT2D eigenvalue weighted by atomic mass is 10.0. The number of benzene rings is 1. The summed E-state index contributed by atoms with van der Waals surface area (Å²) in [6.45, 7) is 3.83. The first-order valence-electron chi connectivity index (χ1n) is 8.26. The zero-order valence-electron chi connectivity index (χ0n) is 14.7. The molecule has 1 aromatic carbocycles. The van der Waals surface area contributed by atoms with Gasteiger partial charge < -0.3 is 9.73 Å². The maximum absolute atomic E-state index is 13.0. The van der Waals surface area contributed by atoms with E-state index in [9.17, 15) is 18.0 Å². The monoisotopic (exact) mass is 394 g/mol. The highest BCUT2D eigenvalue weighted by Gasteiger charge is 2.31. The highest BCUT2D eigenvalue weighted by molar-refractivity contribution is 7.99. The fourth-order valence-corrected chi connectivity index (χ4v) is 3.58. The zero-order valence-corrected chi connectivity index (χ0v) is 15.5. The van der Waals surface area contributed by atoms with Crippen molar-refractivity contribution in [2.75, 3.05) is 5.75 Å². The first kappa shape index (κ1) is 19.3. The van der Waals surface area contributed by atoms with E-state index >= 15 is 0 Å². The number of halogens is 3. The summed E-state index contributed by atoms with van der Waals surface area (Å²) in [5.41, 5.74) is 0.438. The Bertz CT molecular complexity index is 969. The molecule has 2 heterocycles. The van der Waals surface area contributed by atoms with Crippen LogP contribution in [0.3, 0.4) is 0 Å². The quantitative estimate of drug-likeness (QED) is 0.605. The summed E-state index contributed by atoms with van der Waals surface area (Å²) >= 11 is 1.32. The number of nitrogens with one attached hydrogen (secondary N) is 1. The molecule has 3 aromatic rings. The number of rotatable bonds is 5. The highest BCUT2D eigenvalue weighted by Crippen LogP contribution is 2.34. The van der Waals surface area contributed by atoms with Crippen molar-refractivity contribution in [3.63, 3.8) is 0 Å². The second-order valence-corrected chi connectivity index (χ2v) is 7.09. The second-order valence-electron chi connectivity index (χ2n) is 5.84. The standard InChI is InChI=1S/C19H17F3N2O2S/c1-3-27-18-16(17(25)23-10-13-5-4-8-26-13)11(2)14-7-6-12(19(20,21)22)9-15(14)24-18/h4-9H,3,10H2,1-2H3,(H,23,25). The van der Waals surface area contributed by atoms with Crippen LogP contribution in [-0.2, 0) is 12.7 Å². The van der Waals surface area contributed by atoms with Crippen molar-refractivity contribution in [1.82, 2.24) is 10.3 Å². The largest absolute Gasteiger partial charge is 0.467 e. The minimum absolute atomic E-state index is 0.215. The predicted molar refractivity (Wildman–Crippen MR) is 97.8 cm³/mol. The molecule has 2 aromatic heterocycles. The molecule has 1 N–H and O–H groups in total. The lowest BCUT2D eigenvalue weighted by Gasteiger charge is -2.15. The molecule has 0 spiro atoms. The Morgan fingerprint density at radius 1 is 1.30 bits per heavy atom. The molecule has 142 valence electrons. The number of fused-ring (bicyclic) bond motifs is 1. The molecule has 0 fully saturated rings. The number of nitrogens with zero attached hydrogens (tertiary/aromatic N) is 1. The molecule has 0 radical (unpaired) electrons. The highest BCUT2D eigenvalue weighted by atomic mass is 32.2. The van der Waals surface area contributed by atoms with E-state index in [1.165, 1.54) is 24.1 Å². The Balaban J connectivity index is 2.03. The van der Waals surface area contributed by atoms with Gasteiger partial charge in [0.25, 0.3) is 5.91 Å². The number of pyridine rings is 1. The number of hydrogen-bond donors (Lipinski definition) is 1. The van der Waals surface area contributed by atoms with Crippen LogP contribution < -0.4 is 5.32 Å². The molecule has 0 saturated carbocycles. The van der Waals surface area contributed by atoms with E-state index in [0.29, 0.717) is 33.1 Å². The van der Waals surface area contributed by atoms with Gasteiger partial charge in [0.2, 0.25) is 0 Å². The summed E-state index contributed by atoms with van der Waals surface area (Å²) in [6, 6.07) is 6.86. The normalized spacial score (nSPS) is 11.7. The van der Waals surface area contributed by atoms with Gasteiger partial charge >= 0.3 is 6.18 Å². The number of carbonyl (C=O) groups excluding carboxylic acids is 1. The Hall–Kier alpha value is -2.48. The Kier molecular flexibility index (Phi) is 5.46. The molecule has 27 heavy (non-hydrogen) atoms. The van der Waals surface area contributed by atoms with E-state index in [1.807, 2.05) is 6.92 Å². The number of hydrogen-bond acceptors (Lipinski definition) is 4. The van der Waals surface area contributed by atoms with Crippen LogP contribution in [0.4, 0.5) is 13.2 Å². The maximum Gasteiger partial charge on any atom is 0.416 e. The van der Waals surface area contributed by atoms with Crippen LogP contribution >= 0.6 is 11.8 Å². The topological polar surface area (TPSA) is 55.1 Å². The molecule has 0 bridgehead atoms. The molecule has 0 aliphatic carbocycles. The van der Waals surface area contributed by atoms with Gasteiger partial charge in [-0.15, -0.1) is 11.8 Å². The van der Waals surface area contributed by atoms with Crippen LogP contribution in [0.15, 0.2) is 46.0 Å². The van der Waals surface area contributed by atoms with Gasteiger partial charge in [0.1, 0.15) is 10.8 Å². The lowest BCUT2D eigenvalue weighted by Crippen LogP contribution is -2.24. The average molecular weight is 394 g/mol. The number of aryl methyl sites for hydroxylation is 1. The smallest absolute Gasteiger partial charge is 0.416 e. The van der Waals surface area contributed by atoms with Crippen LogP contribution in [0.1, 0.15) is 34.2 Å². The van der Waals surface area contributed by atoms with Gasteiger partial charge in [-0.1, -0.05) is 13.0 Å². The first-order valence-corrected chi connectivity index (χ1v) is 9.24. The first-order chi connectivity index (χ1) is 12.8. The van der Waals surface area contributed by atoms with Gasteiger partial charge in [0.15, 0.2) is 0 Å². The number of amides is 1. The number of carbonyl (C=O) groups is 1. The van der Waals surface area contributed by atoms with Crippen molar-refractivity contribution in [1.29, 1.82) is 0 Å². The molecule has 0 saturated heterocycles. The van der Waals surface area contributed by atoms with Gasteiger partial charge in [0.05, 0.1) is 29.5 Å². The summed E-state index contributed by atoms with van der Waals surface area (Å²) in [5, 5.41) is 3.71. The second kappa shape index (κ2) is 7.64. The van der Waals surface area contributed by atoms with Gasteiger partial charge in [0, 0.05) is 5.39 Å². The minimum Gasteiger partial charge on any atom is -0.467 e. The van der Waals surface area contributed by atoms with E-state index in [1.54, 1.807) is 19.1 Å². The van der Waals surface area contributed by atoms with Crippen molar-refractivity contribution < 1.29 is 22.4 Å². The summed E-state index contributed by atoms with van der Waals surface area (Å²) in [4.78, 5) is 17.1. The predicted octanol–water partition coefficient (Wildman–Crippen LogP) is 5.20. The van der Waals surface area contributed by atoms with Crippen LogP contribution in [0.25, 0.3) is 10.9 Å². The number of aromatic nitrogens is 1. The molecule has 4 nitrogen and oxygen atoms in total. The third-order valence-electron chi connectivity index (χ3n) is 4.05. The van der Waals surface area contributed by atoms with Gasteiger partial charge in [-0.3, -0.25) is 4.79 Å². The molecule has 0 aliphatic rings. The van der Waals surface area contributed by atoms with Gasteiger partial charge in [-0.25, -0.2) is 4.98 Å². The summed E-state index contributed by atoms with van der Waals surface area (Å²) < 4.78 is 44.2. The summed E-state index contributed by atoms with van der Waals surface area (Å²) in [5.74, 6) is 0.901. The van der Waals surface area contributed by atoms with Crippen LogP contribution in [0, 0.1) is 6.92 Å². The third kappa shape index (κ3) is 4.10. The number of alkyl halides is 3. The van der Waals surface area contributed by atoms with E-state index in [-0.39, 0.29) is 18.0 Å². The van der Waals surface area contributed by atoms with E-state index in [4.69, 9.17) is 4.42 Å². The molecule has 0 unspecified atom stereocenters. The van der Waals surface area contributed by atoms with Crippen LogP contribution in [-0.4, -0.2) is 16.6 Å². The van der Waals surface area contributed by atoms with E-state index < -0.39 is 11.7 Å². The number of thioether (sulfide) groups is 1. The van der Waals surface area contributed by atoms with Gasteiger partial charge in [-0.05, 0) is 42.5 Å². The van der Waals surface area contributed by atoms with E-state index in [0.717, 1.165) is 12.1 Å². The minimum atomic E-state index is -4.44. The van der Waals surface area contributed by atoms with Crippen LogP contribution in [0.2, 0.25) is 0 Å².